The second kappa shape index (κ2) is 7.38. The monoisotopic (exact) mass is 396 g/mol. The van der Waals surface area contributed by atoms with Crippen LogP contribution < -0.4 is 14.8 Å². The third-order valence-corrected chi connectivity index (χ3v) is 4.48. The lowest BCUT2D eigenvalue weighted by Gasteiger charge is -2.14. The molecule has 2 aromatic heterocycles. The molecule has 0 radical (unpaired) electrons. The fourth-order valence-corrected chi connectivity index (χ4v) is 3.14. The Hall–Kier alpha value is -3.68. The number of anilines is 2. The molecule has 2 heterocycles. The van der Waals surface area contributed by atoms with E-state index in [2.05, 4.69) is 20.5 Å². The van der Waals surface area contributed by atoms with Crippen LogP contribution >= 0.6 is 0 Å². The number of methoxy groups -OCH3 is 2. The quantitative estimate of drug-likeness (QED) is 0.498. The fraction of sp³-hybridized carbons (Fsp3) is 0.143. The average molecular weight is 396 g/mol. The van der Waals surface area contributed by atoms with Crippen LogP contribution in [0.2, 0.25) is 0 Å². The number of nitrogens with zero attached hydrogens (tertiary/aromatic N) is 2. The number of aryl methyl sites for hydroxylation is 1. The minimum atomic E-state index is -0.707. The summed E-state index contributed by atoms with van der Waals surface area (Å²) >= 11 is 0. The molecule has 0 fully saturated rings. The van der Waals surface area contributed by atoms with Crippen molar-refractivity contribution >= 4 is 22.4 Å². The molecule has 0 spiro atoms. The van der Waals surface area contributed by atoms with Crippen LogP contribution in [0.15, 0.2) is 42.5 Å². The molecular formula is C21H18F2N4O2. The molecule has 0 unspecified atom stereocenters. The lowest BCUT2D eigenvalue weighted by atomic mass is 10.0. The smallest absolute Gasteiger partial charge is 0.161 e. The van der Waals surface area contributed by atoms with Crippen molar-refractivity contribution in [2.45, 2.75) is 6.92 Å². The number of aromatic amines is 1. The van der Waals surface area contributed by atoms with Gasteiger partial charge in [0.2, 0.25) is 0 Å². The lowest BCUT2D eigenvalue weighted by molar-refractivity contribution is 0.356. The molecule has 29 heavy (non-hydrogen) atoms. The summed E-state index contributed by atoms with van der Waals surface area (Å²) in [6.45, 7) is 1.88. The van der Waals surface area contributed by atoms with E-state index in [1.165, 1.54) is 26.4 Å². The van der Waals surface area contributed by atoms with Crippen LogP contribution in [0.4, 0.5) is 20.4 Å². The highest BCUT2D eigenvalue weighted by Crippen LogP contribution is 2.38. The molecule has 0 aliphatic carbocycles. The highest BCUT2D eigenvalue weighted by Gasteiger charge is 2.17. The van der Waals surface area contributed by atoms with Gasteiger partial charge >= 0.3 is 0 Å². The van der Waals surface area contributed by atoms with Crippen molar-refractivity contribution < 1.29 is 18.3 Å². The van der Waals surface area contributed by atoms with Gasteiger partial charge in [-0.2, -0.15) is 5.10 Å². The fourth-order valence-electron chi connectivity index (χ4n) is 3.14. The van der Waals surface area contributed by atoms with Gasteiger partial charge in [-0.15, -0.1) is 0 Å². The summed E-state index contributed by atoms with van der Waals surface area (Å²) in [7, 11) is 3.06. The molecule has 4 rings (SSSR count). The third kappa shape index (κ3) is 3.56. The largest absolute Gasteiger partial charge is 0.493 e. The number of rotatable bonds is 5. The summed E-state index contributed by atoms with van der Waals surface area (Å²) in [6, 6.07) is 10.5. The maximum atomic E-state index is 14.6. The van der Waals surface area contributed by atoms with Gasteiger partial charge in [-0.1, -0.05) is 0 Å². The number of fused-ring (bicyclic) bond motifs is 1. The predicted molar refractivity (Wildman–Crippen MR) is 107 cm³/mol. The molecule has 0 saturated carbocycles. The molecule has 2 aromatic carbocycles. The molecule has 148 valence electrons. The van der Waals surface area contributed by atoms with E-state index in [4.69, 9.17) is 9.47 Å². The maximum Gasteiger partial charge on any atom is 0.161 e. The standard InChI is InChI=1S/C21H18F2N4O2/c1-11-6-20(27-26-11)24-19-8-12-7-17(28-2)18(29-3)10-15(12)21(25-19)14-5-4-13(22)9-16(14)23/h4-10H,1-3H3,(H2,24,25,26,27). The number of pyridine rings is 1. The van der Waals surface area contributed by atoms with E-state index in [1.807, 2.05) is 13.0 Å². The average Bonchev–Trinajstić information content (AvgIpc) is 3.11. The molecule has 0 bridgehead atoms. The van der Waals surface area contributed by atoms with Crippen molar-refractivity contribution in [2.24, 2.45) is 0 Å². The summed E-state index contributed by atoms with van der Waals surface area (Å²) in [5, 5.41) is 11.5. The molecule has 6 nitrogen and oxygen atoms in total. The number of hydrogen-bond donors (Lipinski definition) is 2. The normalized spacial score (nSPS) is 10.9. The Morgan fingerprint density at radius 1 is 0.931 bits per heavy atom. The number of benzene rings is 2. The van der Waals surface area contributed by atoms with Gasteiger partial charge < -0.3 is 14.8 Å². The second-order valence-corrected chi connectivity index (χ2v) is 6.47. The van der Waals surface area contributed by atoms with Crippen LogP contribution in [-0.2, 0) is 0 Å². The molecule has 0 amide bonds. The van der Waals surface area contributed by atoms with Gasteiger partial charge in [0, 0.05) is 28.8 Å². The first-order chi connectivity index (χ1) is 14.0. The molecule has 0 aliphatic rings. The van der Waals surface area contributed by atoms with E-state index in [1.54, 1.807) is 18.2 Å². The first-order valence-corrected chi connectivity index (χ1v) is 8.79. The molecular weight excluding hydrogens is 378 g/mol. The van der Waals surface area contributed by atoms with Crippen molar-refractivity contribution in [3.8, 4) is 22.8 Å². The Labute approximate surface area is 165 Å². The van der Waals surface area contributed by atoms with E-state index >= 15 is 0 Å². The van der Waals surface area contributed by atoms with Crippen molar-refractivity contribution in [1.29, 1.82) is 0 Å². The minimum Gasteiger partial charge on any atom is -0.493 e. The van der Waals surface area contributed by atoms with Crippen molar-refractivity contribution in [3.05, 3.63) is 59.8 Å². The molecule has 4 aromatic rings. The Bertz CT molecular complexity index is 1210. The Balaban J connectivity index is 1.96. The summed E-state index contributed by atoms with van der Waals surface area (Å²) in [5.74, 6) is 0.667. The second-order valence-electron chi connectivity index (χ2n) is 6.47. The molecule has 0 atom stereocenters. The first kappa shape index (κ1) is 18.7. The van der Waals surface area contributed by atoms with E-state index in [0.717, 1.165) is 17.1 Å². The minimum absolute atomic E-state index is 0.172. The number of ether oxygens (including phenoxy) is 2. The summed E-state index contributed by atoms with van der Waals surface area (Å²) in [4.78, 5) is 4.57. The number of aromatic nitrogens is 3. The number of halogens is 2. The molecule has 8 heteroatoms. The van der Waals surface area contributed by atoms with Crippen molar-refractivity contribution in [3.63, 3.8) is 0 Å². The van der Waals surface area contributed by atoms with E-state index in [-0.39, 0.29) is 5.56 Å². The predicted octanol–water partition coefficient (Wildman–Crippen LogP) is 4.97. The van der Waals surface area contributed by atoms with Gasteiger partial charge in [0.05, 0.1) is 19.9 Å². The van der Waals surface area contributed by atoms with Gasteiger partial charge in [0.1, 0.15) is 17.5 Å². The number of H-pyrrole nitrogens is 1. The van der Waals surface area contributed by atoms with Gasteiger partial charge in [-0.3, -0.25) is 5.10 Å². The Kier molecular flexibility index (Phi) is 4.75. The zero-order valence-corrected chi connectivity index (χ0v) is 16.0. The topological polar surface area (TPSA) is 72.1 Å². The zero-order valence-electron chi connectivity index (χ0n) is 16.0. The van der Waals surface area contributed by atoms with Crippen molar-refractivity contribution in [2.75, 3.05) is 19.5 Å². The zero-order chi connectivity index (χ0) is 20.5. The van der Waals surface area contributed by atoms with Crippen LogP contribution in [0.25, 0.3) is 22.0 Å². The Morgan fingerprint density at radius 3 is 2.34 bits per heavy atom. The SMILES string of the molecule is COc1cc2cc(Nc3cc(C)[nH]n3)nc(-c3ccc(F)cc3F)c2cc1OC. The van der Waals surface area contributed by atoms with Crippen LogP contribution in [0, 0.1) is 18.6 Å². The summed E-state index contributed by atoms with van der Waals surface area (Å²) in [6.07, 6.45) is 0. The first-order valence-electron chi connectivity index (χ1n) is 8.79. The van der Waals surface area contributed by atoms with Crippen LogP contribution in [0.5, 0.6) is 11.5 Å². The Morgan fingerprint density at radius 2 is 1.69 bits per heavy atom. The number of hydrogen-bond acceptors (Lipinski definition) is 5. The van der Waals surface area contributed by atoms with Crippen molar-refractivity contribution in [1.82, 2.24) is 15.2 Å². The maximum absolute atomic E-state index is 14.6. The van der Waals surface area contributed by atoms with Crippen LogP contribution in [0.1, 0.15) is 5.69 Å². The highest BCUT2D eigenvalue weighted by atomic mass is 19.1. The summed E-state index contributed by atoms with van der Waals surface area (Å²) in [5.41, 5.74) is 1.39. The lowest BCUT2D eigenvalue weighted by Crippen LogP contribution is -1.99. The van der Waals surface area contributed by atoms with Gasteiger partial charge in [-0.25, -0.2) is 13.8 Å². The van der Waals surface area contributed by atoms with E-state index in [9.17, 15) is 8.78 Å². The molecule has 0 aliphatic heterocycles. The molecule has 0 saturated heterocycles. The van der Waals surface area contributed by atoms with Gasteiger partial charge in [0.25, 0.3) is 0 Å². The van der Waals surface area contributed by atoms with Crippen LogP contribution in [0.3, 0.4) is 0 Å². The highest BCUT2D eigenvalue weighted by molar-refractivity contribution is 5.98. The van der Waals surface area contributed by atoms with Crippen LogP contribution in [-0.4, -0.2) is 29.4 Å². The van der Waals surface area contributed by atoms with E-state index in [0.29, 0.717) is 34.2 Å². The van der Waals surface area contributed by atoms with Gasteiger partial charge in [0.15, 0.2) is 17.3 Å². The number of nitrogens with one attached hydrogen (secondary N) is 2. The third-order valence-electron chi connectivity index (χ3n) is 4.48. The van der Waals surface area contributed by atoms with E-state index < -0.39 is 11.6 Å². The molecule has 2 N–H and O–H groups in total. The van der Waals surface area contributed by atoms with Gasteiger partial charge in [-0.05, 0) is 42.6 Å². The summed E-state index contributed by atoms with van der Waals surface area (Å²) < 4.78 is 38.8.